The van der Waals surface area contributed by atoms with Gasteiger partial charge < -0.3 is 0 Å². The van der Waals surface area contributed by atoms with E-state index in [0.29, 0.717) is 22.6 Å². The molecule has 0 bridgehead atoms. The zero-order valence-electron chi connectivity index (χ0n) is 11.0. The van der Waals surface area contributed by atoms with E-state index in [0.717, 1.165) is 11.1 Å². The summed E-state index contributed by atoms with van der Waals surface area (Å²) >= 11 is 6.17. The number of hydrogen-bond acceptors (Lipinski definition) is 2. The van der Waals surface area contributed by atoms with E-state index in [1.807, 2.05) is 47.1 Å². The quantitative estimate of drug-likeness (QED) is 0.723. The average Bonchev–Trinajstić information content (AvgIpc) is 2.45. The maximum absolute atomic E-state index is 12.2. The van der Waals surface area contributed by atoms with Crippen LogP contribution < -0.4 is 5.43 Å². The molecule has 0 amide bonds. The predicted molar refractivity (Wildman–Crippen MR) is 81.3 cm³/mol. The Kier molecular flexibility index (Phi) is 3.28. The van der Waals surface area contributed by atoms with Gasteiger partial charge in [-0.3, -0.25) is 9.48 Å². The van der Waals surface area contributed by atoms with Crippen LogP contribution in [-0.2, 0) is 6.54 Å². The summed E-state index contributed by atoms with van der Waals surface area (Å²) in [6.45, 7) is 2.32. The first kappa shape index (κ1) is 12.9. The van der Waals surface area contributed by atoms with Crippen LogP contribution in [0.5, 0.6) is 0 Å². The summed E-state index contributed by atoms with van der Waals surface area (Å²) in [5, 5.41) is 5.39. The van der Waals surface area contributed by atoms with E-state index in [2.05, 4.69) is 5.10 Å². The fraction of sp³-hybridized carbons (Fsp3) is 0.125. The van der Waals surface area contributed by atoms with Gasteiger partial charge >= 0.3 is 0 Å². The summed E-state index contributed by atoms with van der Waals surface area (Å²) in [6.07, 6.45) is 0. The molecule has 0 fully saturated rings. The molecule has 0 saturated carbocycles. The van der Waals surface area contributed by atoms with Gasteiger partial charge in [0.15, 0.2) is 0 Å². The van der Waals surface area contributed by atoms with Gasteiger partial charge in [0.25, 0.3) is 0 Å². The van der Waals surface area contributed by atoms with Crippen LogP contribution in [0.1, 0.15) is 11.3 Å². The molecule has 3 aromatic rings. The highest BCUT2D eigenvalue weighted by atomic mass is 35.5. The zero-order valence-corrected chi connectivity index (χ0v) is 11.8. The number of fused-ring (bicyclic) bond motifs is 1. The van der Waals surface area contributed by atoms with Crippen molar-refractivity contribution in [1.29, 1.82) is 0 Å². The Morgan fingerprint density at radius 3 is 2.60 bits per heavy atom. The summed E-state index contributed by atoms with van der Waals surface area (Å²) in [4.78, 5) is 12.2. The molecule has 0 unspecified atom stereocenters. The molecule has 0 radical (unpaired) electrons. The molecule has 0 N–H and O–H groups in total. The van der Waals surface area contributed by atoms with Crippen LogP contribution in [0.25, 0.3) is 10.9 Å². The van der Waals surface area contributed by atoms with Gasteiger partial charge in [0, 0.05) is 0 Å². The topological polar surface area (TPSA) is 34.9 Å². The number of aromatic nitrogens is 2. The van der Waals surface area contributed by atoms with Gasteiger partial charge in [0.1, 0.15) is 5.69 Å². The Balaban J connectivity index is 2.24. The third-order valence-electron chi connectivity index (χ3n) is 3.27. The molecule has 0 aliphatic rings. The molecule has 3 rings (SSSR count). The molecule has 4 heteroatoms. The second-order valence-corrected chi connectivity index (χ2v) is 5.10. The zero-order chi connectivity index (χ0) is 14.1. The number of hydrogen-bond donors (Lipinski definition) is 0. The van der Waals surface area contributed by atoms with Crippen LogP contribution in [-0.4, -0.2) is 9.78 Å². The summed E-state index contributed by atoms with van der Waals surface area (Å²) in [5.41, 5.74) is 2.25. The Labute approximate surface area is 121 Å². The summed E-state index contributed by atoms with van der Waals surface area (Å²) in [6, 6.07) is 15.5. The first-order valence-electron chi connectivity index (χ1n) is 6.36. The highest BCUT2D eigenvalue weighted by molar-refractivity contribution is 6.35. The molecule has 1 heterocycles. The molecule has 0 aliphatic heterocycles. The van der Waals surface area contributed by atoms with Gasteiger partial charge in [-0.2, -0.15) is 5.10 Å². The van der Waals surface area contributed by atoms with E-state index in [4.69, 9.17) is 11.6 Å². The van der Waals surface area contributed by atoms with Crippen molar-refractivity contribution in [2.24, 2.45) is 0 Å². The van der Waals surface area contributed by atoms with E-state index in [1.54, 1.807) is 13.0 Å². The van der Waals surface area contributed by atoms with E-state index >= 15 is 0 Å². The summed E-state index contributed by atoms with van der Waals surface area (Å²) in [5.74, 6) is 0. The summed E-state index contributed by atoms with van der Waals surface area (Å²) < 4.78 is 1.83. The molecule has 0 atom stereocenters. The number of rotatable bonds is 2. The Bertz CT molecular complexity index is 825. The van der Waals surface area contributed by atoms with E-state index in [9.17, 15) is 4.79 Å². The minimum Gasteiger partial charge on any atom is -0.287 e. The van der Waals surface area contributed by atoms with E-state index in [-0.39, 0.29) is 5.43 Å². The number of halogens is 1. The van der Waals surface area contributed by atoms with Gasteiger partial charge in [0.2, 0.25) is 5.43 Å². The lowest BCUT2D eigenvalue weighted by Gasteiger charge is -2.11. The standard InChI is InChI=1S/C16H13ClN2O/c1-11-16(20)15-13(17)8-5-9-14(15)19(18-11)10-12-6-3-2-4-7-12/h2-9H,10H2,1H3. The number of nitrogens with zero attached hydrogens (tertiary/aromatic N) is 2. The first-order valence-corrected chi connectivity index (χ1v) is 6.74. The lowest BCUT2D eigenvalue weighted by Crippen LogP contribution is -2.17. The minimum absolute atomic E-state index is 0.102. The van der Waals surface area contributed by atoms with Crippen molar-refractivity contribution in [2.75, 3.05) is 0 Å². The SMILES string of the molecule is Cc1nn(Cc2ccccc2)c2cccc(Cl)c2c1=O. The summed E-state index contributed by atoms with van der Waals surface area (Å²) in [7, 11) is 0. The third-order valence-corrected chi connectivity index (χ3v) is 3.59. The van der Waals surface area contributed by atoms with Crippen LogP contribution in [0.2, 0.25) is 5.02 Å². The Hall–Kier alpha value is -2.13. The molecule has 3 nitrogen and oxygen atoms in total. The van der Waals surface area contributed by atoms with Crippen molar-refractivity contribution in [3.05, 3.63) is 75.0 Å². The normalized spacial score (nSPS) is 10.9. The molecule has 100 valence electrons. The van der Waals surface area contributed by atoms with E-state index in [1.165, 1.54) is 0 Å². The van der Waals surface area contributed by atoms with Crippen molar-refractivity contribution < 1.29 is 0 Å². The lowest BCUT2D eigenvalue weighted by molar-refractivity contribution is 0.682. The molecular weight excluding hydrogens is 272 g/mol. The number of benzene rings is 2. The van der Waals surface area contributed by atoms with Crippen molar-refractivity contribution in [3.8, 4) is 0 Å². The Morgan fingerprint density at radius 1 is 1.10 bits per heavy atom. The first-order chi connectivity index (χ1) is 9.66. The largest absolute Gasteiger partial charge is 0.287 e. The third kappa shape index (κ3) is 2.21. The second kappa shape index (κ2) is 5.10. The molecular formula is C16H13ClN2O. The van der Waals surface area contributed by atoms with Crippen LogP contribution in [0.3, 0.4) is 0 Å². The Morgan fingerprint density at radius 2 is 1.85 bits per heavy atom. The molecule has 0 spiro atoms. The van der Waals surface area contributed by atoms with Gasteiger partial charge in [-0.1, -0.05) is 48.0 Å². The maximum Gasteiger partial charge on any atom is 0.212 e. The minimum atomic E-state index is -0.102. The molecule has 0 saturated heterocycles. The molecule has 0 aliphatic carbocycles. The highest BCUT2D eigenvalue weighted by Gasteiger charge is 2.10. The molecule has 1 aromatic heterocycles. The van der Waals surface area contributed by atoms with Crippen LogP contribution >= 0.6 is 11.6 Å². The van der Waals surface area contributed by atoms with Gasteiger partial charge in [-0.05, 0) is 24.6 Å². The van der Waals surface area contributed by atoms with E-state index < -0.39 is 0 Å². The van der Waals surface area contributed by atoms with Crippen molar-refractivity contribution >= 4 is 22.5 Å². The molecule has 20 heavy (non-hydrogen) atoms. The number of aryl methyl sites for hydroxylation is 1. The highest BCUT2D eigenvalue weighted by Crippen LogP contribution is 2.20. The van der Waals surface area contributed by atoms with Crippen LogP contribution in [0, 0.1) is 6.92 Å². The van der Waals surface area contributed by atoms with Crippen LogP contribution in [0.15, 0.2) is 53.3 Å². The van der Waals surface area contributed by atoms with Crippen molar-refractivity contribution in [2.45, 2.75) is 13.5 Å². The van der Waals surface area contributed by atoms with Crippen molar-refractivity contribution in [1.82, 2.24) is 9.78 Å². The van der Waals surface area contributed by atoms with Crippen molar-refractivity contribution in [3.63, 3.8) is 0 Å². The van der Waals surface area contributed by atoms with Gasteiger partial charge in [0.05, 0.1) is 22.5 Å². The van der Waals surface area contributed by atoms with Crippen LogP contribution in [0.4, 0.5) is 0 Å². The fourth-order valence-electron chi connectivity index (χ4n) is 2.29. The second-order valence-electron chi connectivity index (χ2n) is 4.69. The maximum atomic E-state index is 12.2. The van der Waals surface area contributed by atoms with Gasteiger partial charge in [-0.15, -0.1) is 0 Å². The monoisotopic (exact) mass is 284 g/mol. The average molecular weight is 285 g/mol. The van der Waals surface area contributed by atoms with Gasteiger partial charge in [-0.25, -0.2) is 0 Å². The molecule has 2 aromatic carbocycles. The fourth-order valence-corrected chi connectivity index (χ4v) is 2.55. The smallest absolute Gasteiger partial charge is 0.212 e. The lowest BCUT2D eigenvalue weighted by atomic mass is 10.2. The predicted octanol–water partition coefficient (Wildman–Crippen LogP) is 3.41.